The van der Waals surface area contributed by atoms with Crippen molar-refractivity contribution < 1.29 is 14.1 Å². The maximum absolute atomic E-state index is 12.1. The highest BCUT2D eigenvalue weighted by atomic mass is 16.6. The van der Waals surface area contributed by atoms with Crippen molar-refractivity contribution >= 4 is 6.09 Å². The smallest absolute Gasteiger partial charge is 0.410 e. The molecular weight excluding hydrogens is 270 g/mol. The van der Waals surface area contributed by atoms with E-state index in [1.807, 2.05) is 34.6 Å². The second-order valence-corrected chi connectivity index (χ2v) is 6.91. The Kier molecular flexibility index (Phi) is 4.54. The molecule has 0 radical (unpaired) electrons. The lowest BCUT2D eigenvalue weighted by molar-refractivity contribution is 0.0189. The fourth-order valence-corrected chi connectivity index (χ4v) is 2.32. The van der Waals surface area contributed by atoms with Crippen LogP contribution in [0.2, 0.25) is 0 Å². The first-order valence-corrected chi connectivity index (χ1v) is 7.57. The number of ether oxygens (including phenoxy) is 1. The minimum Gasteiger partial charge on any atom is -0.444 e. The lowest BCUT2D eigenvalue weighted by Gasteiger charge is -2.32. The van der Waals surface area contributed by atoms with Gasteiger partial charge in [-0.2, -0.15) is 4.98 Å². The average Bonchev–Trinajstić information content (AvgIpc) is 2.86. The Morgan fingerprint density at radius 2 is 2.14 bits per heavy atom. The number of hydrogen-bond acceptors (Lipinski definition) is 5. The van der Waals surface area contributed by atoms with E-state index in [0.29, 0.717) is 12.4 Å². The lowest BCUT2D eigenvalue weighted by Crippen LogP contribution is -2.42. The van der Waals surface area contributed by atoms with Gasteiger partial charge in [0.25, 0.3) is 0 Å². The Morgan fingerprint density at radius 1 is 1.43 bits per heavy atom. The predicted octanol–water partition coefficient (Wildman–Crippen LogP) is 3.31. The van der Waals surface area contributed by atoms with Crippen molar-refractivity contribution in [3.63, 3.8) is 0 Å². The number of carbonyl (C=O) groups is 1. The van der Waals surface area contributed by atoms with Crippen LogP contribution in [0.25, 0.3) is 0 Å². The molecule has 1 amide bonds. The summed E-state index contributed by atoms with van der Waals surface area (Å²) in [6, 6.07) is 0. The average molecular weight is 295 g/mol. The monoisotopic (exact) mass is 295 g/mol. The number of nitrogens with zero attached hydrogens (tertiary/aromatic N) is 3. The predicted molar refractivity (Wildman–Crippen MR) is 78.2 cm³/mol. The largest absolute Gasteiger partial charge is 0.444 e. The molecule has 0 bridgehead atoms. The second-order valence-electron chi connectivity index (χ2n) is 6.91. The zero-order valence-corrected chi connectivity index (χ0v) is 13.5. The Labute approximate surface area is 125 Å². The van der Waals surface area contributed by atoms with Crippen LogP contribution in [0.5, 0.6) is 0 Å². The van der Waals surface area contributed by atoms with Gasteiger partial charge in [-0.1, -0.05) is 19.0 Å². The van der Waals surface area contributed by atoms with E-state index < -0.39 is 5.60 Å². The molecule has 0 aromatic carbocycles. The molecule has 21 heavy (non-hydrogen) atoms. The minimum atomic E-state index is -0.473. The number of likely N-dealkylation sites (tertiary alicyclic amines) is 1. The summed E-state index contributed by atoms with van der Waals surface area (Å²) >= 11 is 0. The second kappa shape index (κ2) is 6.03. The molecule has 2 rings (SSSR count). The van der Waals surface area contributed by atoms with Gasteiger partial charge in [0, 0.05) is 19.0 Å². The minimum absolute atomic E-state index is 0.103. The summed E-state index contributed by atoms with van der Waals surface area (Å²) in [5.41, 5.74) is -0.473. The van der Waals surface area contributed by atoms with Crippen molar-refractivity contribution in [1.29, 1.82) is 0 Å². The molecule has 1 aromatic heterocycles. The van der Waals surface area contributed by atoms with Gasteiger partial charge >= 0.3 is 6.09 Å². The van der Waals surface area contributed by atoms with Gasteiger partial charge in [-0.3, -0.25) is 0 Å². The van der Waals surface area contributed by atoms with Crippen LogP contribution in [0.4, 0.5) is 4.79 Å². The van der Waals surface area contributed by atoms with Crippen LogP contribution >= 0.6 is 0 Å². The summed E-state index contributed by atoms with van der Waals surface area (Å²) in [5.74, 6) is 1.70. The summed E-state index contributed by atoms with van der Waals surface area (Å²) in [6.45, 7) is 11.0. The van der Waals surface area contributed by atoms with Crippen molar-refractivity contribution in [2.45, 2.75) is 64.9 Å². The topological polar surface area (TPSA) is 68.5 Å². The molecular formula is C15H25N3O3. The fourth-order valence-electron chi connectivity index (χ4n) is 2.32. The molecule has 1 aliphatic heterocycles. The molecule has 2 heterocycles. The molecule has 1 aliphatic rings. The zero-order valence-electron chi connectivity index (χ0n) is 13.5. The molecule has 6 nitrogen and oxygen atoms in total. The molecule has 118 valence electrons. The summed E-state index contributed by atoms with van der Waals surface area (Å²) in [4.78, 5) is 18.3. The molecule has 0 saturated carbocycles. The highest BCUT2D eigenvalue weighted by Crippen LogP contribution is 2.27. The number of hydrogen-bond donors (Lipinski definition) is 0. The van der Waals surface area contributed by atoms with Crippen LogP contribution in [-0.4, -0.2) is 39.8 Å². The Bertz CT molecular complexity index is 491. The normalized spacial score (nSPS) is 19.9. The third-order valence-corrected chi connectivity index (χ3v) is 3.40. The highest BCUT2D eigenvalue weighted by Gasteiger charge is 2.31. The molecule has 1 aromatic rings. The lowest BCUT2D eigenvalue weighted by atomic mass is 9.98. The van der Waals surface area contributed by atoms with Crippen molar-refractivity contribution in [2.75, 3.05) is 13.1 Å². The van der Waals surface area contributed by atoms with Crippen LogP contribution in [0.15, 0.2) is 4.52 Å². The van der Waals surface area contributed by atoms with Gasteiger partial charge in [0.1, 0.15) is 5.60 Å². The van der Waals surface area contributed by atoms with Gasteiger partial charge in [-0.25, -0.2) is 4.79 Å². The van der Waals surface area contributed by atoms with Gasteiger partial charge in [0.05, 0.1) is 5.92 Å². The number of rotatable bonds is 2. The fraction of sp³-hybridized carbons (Fsp3) is 0.800. The van der Waals surface area contributed by atoms with Crippen molar-refractivity contribution in [3.05, 3.63) is 11.7 Å². The van der Waals surface area contributed by atoms with E-state index in [2.05, 4.69) is 10.1 Å². The quantitative estimate of drug-likeness (QED) is 0.837. The zero-order chi connectivity index (χ0) is 15.6. The van der Waals surface area contributed by atoms with E-state index in [1.165, 1.54) is 0 Å². The summed E-state index contributed by atoms with van der Waals surface area (Å²) < 4.78 is 10.8. The van der Waals surface area contributed by atoms with Crippen LogP contribution < -0.4 is 0 Å². The van der Waals surface area contributed by atoms with Crippen LogP contribution in [0, 0.1) is 0 Å². The van der Waals surface area contributed by atoms with Crippen LogP contribution in [0.1, 0.15) is 71.0 Å². The van der Waals surface area contributed by atoms with Crippen LogP contribution in [-0.2, 0) is 4.74 Å². The number of amides is 1. The summed E-state index contributed by atoms with van der Waals surface area (Å²) in [7, 11) is 0. The van der Waals surface area contributed by atoms with E-state index in [9.17, 15) is 4.79 Å². The van der Waals surface area contributed by atoms with E-state index in [-0.39, 0.29) is 17.9 Å². The maximum Gasteiger partial charge on any atom is 0.410 e. The molecule has 6 heteroatoms. The van der Waals surface area contributed by atoms with Gasteiger partial charge in [0.2, 0.25) is 5.89 Å². The first kappa shape index (κ1) is 15.8. The first-order chi connectivity index (χ1) is 9.76. The Hall–Kier alpha value is -1.59. The highest BCUT2D eigenvalue weighted by molar-refractivity contribution is 5.68. The van der Waals surface area contributed by atoms with Gasteiger partial charge < -0.3 is 14.2 Å². The molecule has 0 spiro atoms. The third kappa shape index (κ3) is 4.19. The van der Waals surface area contributed by atoms with E-state index in [0.717, 1.165) is 25.2 Å². The molecule has 0 N–H and O–H groups in total. The Morgan fingerprint density at radius 3 is 2.71 bits per heavy atom. The number of aromatic nitrogens is 2. The van der Waals surface area contributed by atoms with Crippen LogP contribution in [0.3, 0.4) is 0 Å². The van der Waals surface area contributed by atoms with Crippen molar-refractivity contribution in [2.24, 2.45) is 0 Å². The van der Waals surface area contributed by atoms with Gasteiger partial charge in [-0.05, 0) is 33.6 Å². The molecule has 1 fully saturated rings. The maximum atomic E-state index is 12.1. The molecule has 0 unspecified atom stereocenters. The molecule has 1 atom stereocenters. The van der Waals surface area contributed by atoms with E-state index in [1.54, 1.807) is 4.90 Å². The summed E-state index contributed by atoms with van der Waals surface area (Å²) in [5, 5.41) is 4.00. The van der Waals surface area contributed by atoms with E-state index >= 15 is 0 Å². The third-order valence-electron chi connectivity index (χ3n) is 3.40. The summed E-state index contributed by atoms with van der Waals surface area (Å²) in [6.07, 6.45) is 1.61. The number of piperidine rings is 1. The van der Waals surface area contributed by atoms with Gasteiger partial charge in [0.15, 0.2) is 5.82 Å². The van der Waals surface area contributed by atoms with Gasteiger partial charge in [-0.15, -0.1) is 0 Å². The SMILES string of the molecule is CC(C)c1noc([C@@H]2CCCN(C(=O)OC(C)(C)C)C2)n1. The molecule has 1 saturated heterocycles. The number of carbonyl (C=O) groups excluding carboxylic acids is 1. The van der Waals surface area contributed by atoms with E-state index in [4.69, 9.17) is 9.26 Å². The molecule has 0 aliphatic carbocycles. The first-order valence-electron chi connectivity index (χ1n) is 7.57. The Balaban J connectivity index is 2.01. The van der Waals surface area contributed by atoms with Crippen molar-refractivity contribution in [1.82, 2.24) is 15.0 Å². The van der Waals surface area contributed by atoms with Crippen molar-refractivity contribution in [3.8, 4) is 0 Å². The standard InChI is InChI=1S/C15H25N3O3/c1-10(2)12-16-13(21-17-12)11-7-6-8-18(9-11)14(19)20-15(3,4)5/h10-11H,6-9H2,1-5H3/t11-/m1/s1.